The number of halogens is 3. The van der Waals surface area contributed by atoms with Crippen molar-refractivity contribution in [2.75, 3.05) is 6.54 Å². The van der Waals surface area contributed by atoms with Crippen molar-refractivity contribution >= 4 is 5.91 Å². The maximum absolute atomic E-state index is 12.0. The Labute approximate surface area is 87.4 Å². The van der Waals surface area contributed by atoms with Crippen LogP contribution in [0.5, 0.6) is 0 Å². The first-order valence-corrected chi connectivity index (χ1v) is 4.86. The second-order valence-corrected chi connectivity index (χ2v) is 3.50. The van der Waals surface area contributed by atoms with Crippen molar-refractivity contribution in [2.24, 2.45) is 0 Å². The molecule has 2 unspecified atom stereocenters. The molecule has 2 atom stereocenters. The second kappa shape index (κ2) is 5.95. The Morgan fingerprint density at radius 3 is 2.27 bits per heavy atom. The summed E-state index contributed by atoms with van der Waals surface area (Å²) in [4.78, 5) is 11.2. The lowest BCUT2D eigenvalue weighted by atomic mass is 10.2. The van der Waals surface area contributed by atoms with Crippen LogP contribution in [0.1, 0.15) is 27.2 Å². The molecule has 0 rings (SSSR count). The average Bonchev–Trinajstić information content (AvgIpc) is 2.00. The summed E-state index contributed by atoms with van der Waals surface area (Å²) in [5.41, 5.74) is 0. The van der Waals surface area contributed by atoms with Crippen molar-refractivity contribution in [3.05, 3.63) is 0 Å². The minimum Gasteiger partial charge on any atom is -0.355 e. The quantitative estimate of drug-likeness (QED) is 0.744. The van der Waals surface area contributed by atoms with E-state index in [1.807, 2.05) is 0 Å². The maximum Gasteiger partial charge on any atom is 0.390 e. The largest absolute Gasteiger partial charge is 0.390 e. The first kappa shape index (κ1) is 14.2. The molecule has 3 nitrogen and oxygen atoms in total. The monoisotopic (exact) mass is 226 g/mol. The molecule has 0 heterocycles. The van der Waals surface area contributed by atoms with Crippen LogP contribution in [0.25, 0.3) is 0 Å². The number of carbonyl (C=O) groups excluding carboxylic acids is 1. The molecular formula is C9H17F3N2O. The van der Waals surface area contributed by atoms with Gasteiger partial charge in [0, 0.05) is 12.6 Å². The third-order valence-corrected chi connectivity index (χ3v) is 1.82. The Morgan fingerprint density at radius 2 is 1.87 bits per heavy atom. The van der Waals surface area contributed by atoms with Gasteiger partial charge in [-0.25, -0.2) is 0 Å². The minimum atomic E-state index is -4.20. The van der Waals surface area contributed by atoms with E-state index in [4.69, 9.17) is 0 Å². The summed E-state index contributed by atoms with van der Waals surface area (Å²) in [5.74, 6) is -0.286. The number of hydrogen-bond acceptors (Lipinski definition) is 2. The van der Waals surface area contributed by atoms with E-state index < -0.39 is 24.7 Å². The number of carbonyl (C=O) groups is 1. The molecule has 0 radical (unpaired) electrons. The Morgan fingerprint density at radius 1 is 1.33 bits per heavy atom. The molecule has 0 bridgehead atoms. The fourth-order valence-electron chi connectivity index (χ4n) is 1.24. The summed E-state index contributed by atoms with van der Waals surface area (Å²) in [6, 6.07) is -1.37. The van der Waals surface area contributed by atoms with Crippen LogP contribution in [0.2, 0.25) is 0 Å². The zero-order valence-corrected chi connectivity index (χ0v) is 9.11. The molecule has 1 amide bonds. The number of amides is 1. The smallest absolute Gasteiger partial charge is 0.355 e. The van der Waals surface area contributed by atoms with Gasteiger partial charge in [-0.3, -0.25) is 4.79 Å². The molecule has 0 aromatic rings. The van der Waals surface area contributed by atoms with Crippen molar-refractivity contribution in [2.45, 2.75) is 45.5 Å². The molecule has 0 fully saturated rings. The van der Waals surface area contributed by atoms with Gasteiger partial charge in [0.2, 0.25) is 5.91 Å². The van der Waals surface area contributed by atoms with Crippen LogP contribution in [0.15, 0.2) is 0 Å². The average molecular weight is 226 g/mol. The molecule has 0 aliphatic carbocycles. The predicted octanol–water partition coefficient (Wildman–Crippen LogP) is 1.44. The molecule has 2 N–H and O–H groups in total. The molecular weight excluding hydrogens is 209 g/mol. The molecule has 90 valence electrons. The van der Waals surface area contributed by atoms with Gasteiger partial charge >= 0.3 is 6.18 Å². The van der Waals surface area contributed by atoms with E-state index >= 15 is 0 Å². The fourth-order valence-corrected chi connectivity index (χ4v) is 1.24. The summed E-state index contributed by atoms with van der Waals surface area (Å²) in [6.07, 6.45) is -5.13. The zero-order valence-electron chi connectivity index (χ0n) is 9.11. The van der Waals surface area contributed by atoms with E-state index in [1.165, 1.54) is 13.8 Å². The van der Waals surface area contributed by atoms with Gasteiger partial charge in [0.1, 0.15) is 0 Å². The topological polar surface area (TPSA) is 41.1 Å². The Kier molecular flexibility index (Phi) is 5.64. The van der Waals surface area contributed by atoms with E-state index in [9.17, 15) is 18.0 Å². The molecule has 0 aliphatic rings. The van der Waals surface area contributed by atoms with Crippen LogP contribution < -0.4 is 10.6 Å². The van der Waals surface area contributed by atoms with E-state index in [0.717, 1.165) is 0 Å². The molecule has 0 aromatic heterocycles. The highest BCUT2D eigenvalue weighted by Gasteiger charge is 2.30. The van der Waals surface area contributed by atoms with Gasteiger partial charge < -0.3 is 10.6 Å². The number of alkyl halides is 3. The lowest BCUT2D eigenvalue weighted by Gasteiger charge is -2.20. The first-order valence-electron chi connectivity index (χ1n) is 4.86. The minimum absolute atomic E-state index is 0.286. The summed E-state index contributed by atoms with van der Waals surface area (Å²) in [7, 11) is 0. The van der Waals surface area contributed by atoms with Crippen LogP contribution in [-0.2, 0) is 4.79 Å². The van der Waals surface area contributed by atoms with Gasteiger partial charge in [-0.05, 0) is 20.8 Å². The standard InChI is InChI=1S/C9H17F3N2O/c1-4-13-8(15)7(3)14-6(2)5-9(10,11)12/h6-7,14H,4-5H2,1-3H3,(H,13,15). The van der Waals surface area contributed by atoms with Gasteiger partial charge in [0.15, 0.2) is 0 Å². The molecule has 0 saturated heterocycles. The normalized spacial score (nSPS) is 15.9. The van der Waals surface area contributed by atoms with Gasteiger partial charge in [-0.15, -0.1) is 0 Å². The third-order valence-electron chi connectivity index (χ3n) is 1.82. The highest BCUT2D eigenvalue weighted by molar-refractivity contribution is 5.81. The Bertz CT molecular complexity index is 206. The Balaban J connectivity index is 3.96. The first-order chi connectivity index (χ1) is 6.76. The van der Waals surface area contributed by atoms with Gasteiger partial charge in [0.05, 0.1) is 12.5 Å². The molecule has 0 saturated carbocycles. The number of rotatable bonds is 5. The zero-order chi connectivity index (χ0) is 12.1. The molecule has 15 heavy (non-hydrogen) atoms. The molecule has 6 heteroatoms. The van der Waals surface area contributed by atoms with Gasteiger partial charge in [0.25, 0.3) is 0 Å². The lowest BCUT2D eigenvalue weighted by molar-refractivity contribution is -0.140. The van der Waals surface area contributed by atoms with Gasteiger partial charge in [-0.1, -0.05) is 0 Å². The molecule has 0 aliphatic heterocycles. The van der Waals surface area contributed by atoms with Crippen molar-refractivity contribution in [1.29, 1.82) is 0 Å². The predicted molar refractivity (Wildman–Crippen MR) is 51.4 cm³/mol. The van der Waals surface area contributed by atoms with Gasteiger partial charge in [-0.2, -0.15) is 13.2 Å². The van der Waals surface area contributed by atoms with Crippen LogP contribution in [-0.4, -0.2) is 30.7 Å². The van der Waals surface area contributed by atoms with Crippen molar-refractivity contribution < 1.29 is 18.0 Å². The summed E-state index contributed by atoms with van der Waals surface area (Å²) in [5, 5.41) is 5.12. The third kappa shape index (κ3) is 7.18. The van der Waals surface area contributed by atoms with E-state index in [-0.39, 0.29) is 5.91 Å². The van der Waals surface area contributed by atoms with Crippen molar-refractivity contribution in [3.8, 4) is 0 Å². The van der Waals surface area contributed by atoms with E-state index in [1.54, 1.807) is 6.92 Å². The summed E-state index contributed by atoms with van der Waals surface area (Å²) in [6.45, 7) is 5.17. The highest BCUT2D eigenvalue weighted by atomic mass is 19.4. The SMILES string of the molecule is CCNC(=O)C(C)NC(C)CC(F)(F)F. The Hall–Kier alpha value is -0.780. The molecule has 0 spiro atoms. The van der Waals surface area contributed by atoms with Crippen LogP contribution >= 0.6 is 0 Å². The highest BCUT2D eigenvalue weighted by Crippen LogP contribution is 2.21. The van der Waals surface area contributed by atoms with Crippen LogP contribution in [0, 0.1) is 0 Å². The lowest BCUT2D eigenvalue weighted by Crippen LogP contribution is -2.46. The fraction of sp³-hybridized carbons (Fsp3) is 0.889. The number of hydrogen-bond donors (Lipinski definition) is 2. The van der Waals surface area contributed by atoms with Crippen LogP contribution in [0.4, 0.5) is 13.2 Å². The summed E-state index contributed by atoms with van der Waals surface area (Å²) < 4.78 is 35.9. The van der Waals surface area contributed by atoms with E-state index in [2.05, 4.69) is 10.6 Å². The maximum atomic E-state index is 12.0. The van der Waals surface area contributed by atoms with Crippen molar-refractivity contribution in [3.63, 3.8) is 0 Å². The van der Waals surface area contributed by atoms with Crippen molar-refractivity contribution in [1.82, 2.24) is 10.6 Å². The molecule has 0 aromatic carbocycles. The number of likely N-dealkylation sites (N-methyl/N-ethyl adjacent to an activating group) is 1. The summed E-state index contributed by atoms with van der Waals surface area (Å²) >= 11 is 0. The second-order valence-electron chi connectivity index (χ2n) is 3.50. The van der Waals surface area contributed by atoms with E-state index in [0.29, 0.717) is 6.54 Å². The number of nitrogens with one attached hydrogen (secondary N) is 2. The van der Waals surface area contributed by atoms with Crippen LogP contribution in [0.3, 0.4) is 0 Å².